The molecule has 4 heterocycles. The van der Waals surface area contributed by atoms with Crippen LogP contribution in [-0.4, -0.2) is 89.2 Å². The zero-order valence-electron chi connectivity index (χ0n) is 21.8. The Morgan fingerprint density at radius 1 is 1.29 bits per heavy atom. The molecule has 2 unspecified atom stereocenters. The van der Waals surface area contributed by atoms with E-state index in [0.717, 1.165) is 58.4 Å². The van der Waals surface area contributed by atoms with Gasteiger partial charge in [-0.3, -0.25) is 9.67 Å². The predicted molar refractivity (Wildman–Crippen MR) is 136 cm³/mol. The second-order valence-corrected chi connectivity index (χ2v) is 9.46. The molecular weight excluding hydrogens is 536 g/mol. The number of rotatable bonds is 14. The van der Waals surface area contributed by atoms with Crippen molar-refractivity contribution in [2.45, 2.75) is 31.9 Å². The molecule has 2 aromatic heterocycles. The summed E-state index contributed by atoms with van der Waals surface area (Å²) >= 11 is 0. The standard InChI is InChI=1S/C26H35FN7O3.Ni/c1-3-8-29-9-10-32(13-19-14-33(15-19)18-28)16-21-5-7-23(26-24(36-2)12-31-34(21)26)37-25(17-35)22-6-4-20(27)11-30-22;/h4,6-7,11-12,19,21,25,35H,3,5,8-10,13-17H2,1-2H3;/q-1;. The number of aliphatic hydroxyl groups is 1. The summed E-state index contributed by atoms with van der Waals surface area (Å²) in [5.74, 6) is 1.13. The number of ether oxygens (including phenoxy) is 2. The van der Waals surface area contributed by atoms with Gasteiger partial charge < -0.3 is 29.7 Å². The van der Waals surface area contributed by atoms with Gasteiger partial charge in [0.15, 0.2) is 18.0 Å². The van der Waals surface area contributed by atoms with Crippen LogP contribution in [0.1, 0.15) is 43.3 Å². The summed E-state index contributed by atoms with van der Waals surface area (Å²) in [4.78, 5) is 8.27. The summed E-state index contributed by atoms with van der Waals surface area (Å²) in [6.45, 7) is 7.56. The van der Waals surface area contributed by atoms with Crippen molar-refractivity contribution >= 4 is 5.76 Å². The Labute approximate surface area is 233 Å². The number of hydrogen-bond donors (Lipinski definition) is 1. The van der Waals surface area contributed by atoms with E-state index in [2.05, 4.69) is 33.4 Å². The molecule has 2 aliphatic heterocycles. The number of allylic oxidation sites excluding steroid dienone is 1. The molecule has 38 heavy (non-hydrogen) atoms. The molecule has 0 saturated carbocycles. The molecule has 2 aliphatic rings. The zero-order valence-corrected chi connectivity index (χ0v) is 22.8. The molecule has 210 valence electrons. The minimum atomic E-state index is -0.755. The zero-order chi connectivity index (χ0) is 26.2. The van der Waals surface area contributed by atoms with E-state index in [0.29, 0.717) is 35.2 Å². The second kappa shape index (κ2) is 14.4. The molecule has 4 rings (SSSR count). The van der Waals surface area contributed by atoms with E-state index in [9.17, 15) is 9.50 Å². The molecule has 0 aromatic carbocycles. The largest absolute Gasteiger partial charge is 0.661 e. The van der Waals surface area contributed by atoms with Gasteiger partial charge in [0, 0.05) is 48.6 Å². The molecule has 1 saturated heterocycles. The Morgan fingerprint density at radius 3 is 2.76 bits per heavy atom. The fraction of sp³-hybridized carbons (Fsp3) is 0.577. The number of nitrogens with zero attached hydrogens (tertiary/aromatic N) is 7. The second-order valence-electron chi connectivity index (χ2n) is 9.46. The molecule has 10 nitrogen and oxygen atoms in total. The Morgan fingerprint density at radius 2 is 2.11 bits per heavy atom. The molecule has 0 bridgehead atoms. The molecular formula is C26H35FN7NiO3-. The minimum Gasteiger partial charge on any atom is -0.661 e. The van der Waals surface area contributed by atoms with Crippen molar-refractivity contribution in [3.05, 3.63) is 53.1 Å². The number of hydrogen-bond acceptors (Lipinski definition) is 8. The molecule has 1 N–H and O–H groups in total. The quantitative estimate of drug-likeness (QED) is 0.209. The van der Waals surface area contributed by atoms with Gasteiger partial charge >= 0.3 is 0 Å². The topological polar surface area (TPSA) is 114 Å². The monoisotopic (exact) mass is 570 g/mol. The summed E-state index contributed by atoms with van der Waals surface area (Å²) in [5.41, 5.74) is 1.14. The van der Waals surface area contributed by atoms with Gasteiger partial charge in [-0.25, -0.2) is 4.39 Å². The van der Waals surface area contributed by atoms with Gasteiger partial charge in [-0.2, -0.15) is 10.4 Å². The SMILES string of the molecule is CCC[N-]CCN(CC1CN(C#N)C1)CC1CC=C(OC(CO)c2ccc(F)cn2)c2c(OC)cnn21.[Ni]. The van der Waals surface area contributed by atoms with Gasteiger partial charge in [-0.1, -0.05) is 13.3 Å². The number of halogens is 1. The third-order valence-electron chi connectivity index (χ3n) is 6.69. The molecule has 0 radical (unpaired) electrons. The van der Waals surface area contributed by atoms with Crippen molar-refractivity contribution < 1.29 is 35.5 Å². The smallest absolute Gasteiger partial charge is 0.179 e. The number of fused-ring (bicyclic) bond motifs is 1. The molecule has 0 aliphatic carbocycles. The Kier molecular flexibility index (Phi) is 11.3. The van der Waals surface area contributed by atoms with E-state index in [-0.39, 0.29) is 29.1 Å². The fourth-order valence-electron chi connectivity index (χ4n) is 4.79. The molecule has 0 amide bonds. The maximum Gasteiger partial charge on any atom is 0.179 e. The van der Waals surface area contributed by atoms with E-state index in [4.69, 9.17) is 14.7 Å². The van der Waals surface area contributed by atoms with Crippen LogP contribution in [0.5, 0.6) is 5.75 Å². The van der Waals surface area contributed by atoms with Crippen molar-refractivity contribution in [2.75, 3.05) is 59.5 Å². The van der Waals surface area contributed by atoms with Gasteiger partial charge in [-0.15, -0.1) is 13.1 Å². The van der Waals surface area contributed by atoms with Crippen LogP contribution in [0.15, 0.2) is 30.6 Å². The Hall–Kier alpha value is -2.71. The number of methoxy groups -OCH3 is 1. The van der Waals surface area contributed by atoms with Crippen molar-refractivity contribution in [3.63, 3.8) is 0 Å². The van der Waals surface area contributed by atoms with Crippen molar-refractivity contribution in [1.29, 1.82) is 5.26 Å². The average molecular weight is 571 g/mol. The first-order valence-electron chi connectivity index (χ1n) is 12.8. The minimum absolute atomic E-state index is 0. The maximum atomic E-state index is 13.3. The van der Waals surface area contributed by atoms with Crippen LogP contribution in [0.2, 0.25) is 0 Å². The van der Waals surface area contributed by atoms with Crippen LogP contribution in [0, 0.1) is 23.2 Å². The van der Waals surface area contributed by atoms with Gasteiger partial charge in [-0.05, 0) is 31.2 Å². The van der Waals surface area contributed by atoms with Crippen LogP contribution in [-0.2, 0) is 21.2 Å². The summed E-state index contributed by atoms with van der Waals surface area (Å²) < 4.78 is 27.0. The van der Waals surface area contributed by atoms with Crippen molar-refractivity contribution in [3.8, 4) is 11.9 Å². The molecule has 12 heteroatoms. The summed E-state index contributed by atoms with van der Waals surface area (Å²) in [7, 11) is 1.59. The van der Waals surface area contributed by atoms with Crippen LogP contribution < -0.4 is 4.74 Å². The number of likely N-dealkylation sites (tertiary alicyclic amines) is 1. The van der Waals surface area contributed by atoms with E-state index in [1.54, 1.807) is 18.2 Å². The first kappa shape index (κ1) is 29.8. The van der Waals surface area contributed by atoms with Crippen LogP contribution in [0.3, 0.4) is 0 Å². The third-order valence-corrected chi connectivity index (χ3v) is 6.69. The molecule has 2 aromatic rings. The maximum absolute atomic E-state index is 13.3. The predicted octanol–water partition coefficient (Wildman–Crippen LogP) is 2.96. The van der Waals surface area contributed by atoms with Crippen LogP contribution in [0.4, 0.5) is 4.39 Å². The number of pyridine rings is 1. The fourth-order valence-corrected chi connectivity index (χ4v) is 4.79. The molecule has 1 fully saturated rings. The van der Waals surface area contributed by atoms with Crippen molar-refractivity contribution in [1.82, 2.24) is 24.6 Å². The summed E-state index contributed by atoms with van der Waals surface area (Å²) in [5, 5.41) is 28.3. The Balaban J connectivity index is 0.00000400. The van der Waals surface area contributed by atoms with Gasteiger partial charge in [0.1, 0.15) is 17.3 Å². The number of nitriles is 1. The number of aliphatic hydroxyl groups excluding tert-OH is 1. The molecule has 0 spiro atoms. The summed E-state index contributed by atoms with van der Waals surface area (Å²) in [6.07, 6.45) is 7.95. The van der Waals surface area contributed by atoms with E-state index in [1.807, 2.05) is 10.8 Å². The third kappa shape index (κ3) is 7.23. The van der Waals surface area contributed by atoms with Crippen LogP contribution >= 0.6 is 0 Å². The molecule has 2 atom stereocenters. The van der Waals surface area contributed by atoms with E-state index < -0.39 is 11.9 Å². The Bertz CT molecular complexity index is 1090. The first-order valence-corrected chi connectivity index (χ1v) is 12.8. The number of aromatic nitrogens is 3. The van der Waals surface area contributed by atoms with E-state index >= 15 is 0 Å². The van der Waals surface area contributed by atoms with Gasteiger partial charge in [0.2, 0.25) is 0 Å². The van der Waals surface area contributed by atoms with Gasteiger partial charge in [0.25, 0.3) is 0 Å². The summed E-state index contributed by atoms with van der Waals surface area (Å²) in [6, 6.07) is 2.86. The van der Waals surface area contributed by atoms with Gasteiger partial charge in [0.05, 0.1) is 37.8 Å². The first-order chi connectivity index (χ1) is 18.1. The average Bonchev–Trinajstić information content (AvgIpc) is 3.33. The van der Waals surface area contributed by atoms with Crippen molar-refractivity contribution in [2.24, 2.45) is 5.92 Å². The van der Waals surface area contributed by atoms with E-state index in [1.165, 1.54) is 12.1 Å². The van der Waals surface area contributed by atoms with Crippen LogP contribution in [0.25, 0.3) is 11.1 Å². The normalized spacial score (nSPS) is 17.6.